The number of thiazole rings is 1. The zero-order valence-electron chi connectivity index (χ0n) is 17.6. The van der Waals surface area contributed by atoms with Crippen LogP contribution >= 0.6 is 35.3 Å². The zero-order valence-corrected chi connectivity index (χ0v) is 20.1. The number of anilines is 1. The van der Waals surface area contributed by atoms with Gasteiger partial charge in [0, 0.05) is 17.5 Å². The highest BCUT2D eigenvalue weighted by molar-refractivity contribution is 8.26. The maximum Gasteiger partial charge on any atom is 0.266 e. The van der Waals surface area contributed by atoms with Crippen LogP contribution in [0.5, 0.6) is 0 Å². The second-order valence-corrected chi connectivity index (χ2v) is 10.3. The Kier molecular flexibility index (Phi) is 6.83. The molecule has 2 heterocycles. The molecule has 0 aliphatic carbocycles. The Labute approximate surface area is 200 Å². The third kappa shape index (κ3) is 5.51. The summed E-state index contributed by atoms with van der Waals surface area (Å²) in [4.78, 5) is 32.5. The van der Waals surface area contributed by atoms with Gasteiger partial charge in [0.2, 0.25) is 5.91 Å². The lowest BCUT2D eigenvalue weighted by atomic mass is 10.1. The number of hydrogen-bond donors (Lipinski definition) is 1. The van der Waals surface area contributed by atoms with Crippen molar-refractivity contribution in [1.29, 1.82) is 0 Å². The van der Waals surface area contributed by atoms with Crippen LogP contribution in [0.2, 0.25) is 0 Å². The van der Waals surface area contributed by atoms with Crippen LogP contribution < -0.4 is 5.32 Å². The summed E-state index contributed by atoms with van der Waals surface area (Å²) >= 11 is 7.97. The largest absolute Gasteiger partial charge is 0.300 e. The Balaban J connectivity index is 1.36. The number of benzene rings is 2. The zero-order chi connectivity index (χ0) is 22.7. The van der Waals surface area contributed by atoms with Crippen LogP contribution in [0.15, 0.2) is 59.6 Å². The summed E-state index contributed by atoms with van der Waals surface area (Å²) < 4.78 is 0.378. The molecule has 0 unspecified atom stereocenters. The van der Waals surface area contributed by atoms with Gasteiger partial charge in [-0.3, -0.25) is 14.5 Å². The van der Waals surface area contributed by atoms with Crippen molar-refractivity contribution in [2.45, 2.75) is 20.3 Å². The number of carbonyl (C=O) groups is 2. The highest BCUT2D eigenvalue weighted by Gasteiger charge is 2.33. The van der Waals surface area contributed by atoms with Crippen molar-refractivity contribution >= 4 is 62.7 Å². The molecular formula is C24H21N3O2S3. The van der Waals surface area contributed by atoms with E-state index in [9.17, 15) is 9.59 Å². The lowest BCUT2D eigenvalue weighted by molar-refractivity contribution is -0.126. The molecule has 1 saturated heterocycles. The van der Waals surface area contributed by atoms with Gasteiger partial charge in [-0.05, 0) is 31.1 Å². The predicted octanol–water partition coefficient (Wildman–Crippen LogP) is 5.19. The molecule has 2 aromatic carbocycles. The van der Waals surface area contributed by atoms with Crippen LogP contribution in [0.3, 0.4) is 0 Å². The van der Waals surface area contributed by atoms with Crippen LogP contribution in [0, 0.1) is 13.8 Å². The maximum absolute atomic E-state index is 12.8. The second-order valence-electron chi connectivity index (χ2n) is 7.52. The fourth-order valence-electron chi connectivity index (χ4n) is 3.11. The third-order valence-electron chi connectivity index (χ3n) is 4.85. The molecule has 0 bridgehead atoms. The number of nitrogens with one attached hydrogen (secondary N) is 1. The summed E-state index contributed by atoms with van der Waals surface area (Å²) in [5.74, 6) is -0.580. The average Bonchev–Trinajstić information content (AvgIpc) is 3.30. The lowest BCUT2D eigenvalue weighted by Crippen LogP contribution is -2.36. The van der Waals surface area contributed by atoms with E-state index < -0.39 is 0 Å². The monoisotopic (exact) mass is 479 g/mol. The van der Waals surface area contributed by atoms with Gasteiger partial charge in [-0.25, -0.2) is 4.98 Å². The molecule has 0 radical (unpaired) electrons. The summed E-state index contributed by atoms with van der Waals surface area (Å²) in [7, 11) is 0. The molecule has 1 N–H and O–H groups in total. The number of rotatable bonds is 6. The molecule has 1 aliphatic rings. The number of thiocarbonyl (C=S) groups is 1. The van der Waals surface area contributed by atoms with E-state index >= 15 is 0 Å². The van der Waals surface area contributed by atoms with E-state index in [1.54, 1.807) is 12.3 Å². The van der Waals surface area contributed by atoms with E-state index in [-0.39, 0.29) is 18.4 Å². The number of amides is 2. The number of aromatic nitrogens is 1. The molecule has 0 atom stereocenters. The minimum Gasteiger partial charge on any atom is -0.300 e. The first-order valence-corrected chi connectivity index (χ1v) is 12.0. The van der Waals surface area contributed by atoms with E-state index in [0.29, 0.717) is 14.4 Å². The number of nitrogens with zero attached hydrogens (tertiary/aromatic N) is 2. The molecule has 8 heteroatoms. The minimum atomic E-state index is -0.325. The Hall–Kier alpha value is -2.81. The topological polar surface area (TPSA) is 62.3 Å². The Morgan fingerprint density at radius 3 is 2.44 bits per heavy atom. The fourth-order valence-corrected chi connectivity index (χ4v) is 5.22. The van der Waals surface area contributed by atoms with Gasteiger partial charge < -0.3 is 5.32 Å². The molecule has 2 amide bonds. The van der Waals surface area contributed by atoms with E-state index in [2.05, 4.69) is 41.5 Å². The molecule has 3 aromatic rings. The van der Waals surface area contributed by atoms with Crippen molar-refractivity contribution in [1.82, 2.24) is 9.88 Å². The molecule has 32 heavy (non-hydrogen) atoms. The van der Waals surface area contributed by atoms with Crippen LogP contribution in [0.1, 0.15) is 27.1 Å². The highest BCUT2D eigenvalue weighted by atomic mass is 32.2. The van der Waals surface area contributed by atoms with E-state index in [4.69, 9.17) is 12.2 Å². The molecule has 1 aromatic heterocycles. The Morgan fingerprint density at radius 1 is 1.09 bits per heavy atom. The fraction of sp³-hybridized carbons (Fsp3) is 0.167. The molecule has 1 fully saturated rings. The Bertz CT molecular complexity index is 1200. The molecule has 0 spiro atoms. The van der Waals surface area contributed by atoms with Crippen LogP contribution in [0.25, 0.3) is 6.08 Å². The second kappa shape index (κ2) is 9.77. The van der Waals surface area contributed by atoms with Crippen molar-refractivity contribution in [2.24, 2.45) is 0 Å². The van der Waals surface area contributed by atoms with E-state index in [0.717, 1.165) is 22.4 Å². The van der Waals surface area contributed by atoms with E-state index in [1.165, 1.54) is 39.1 Å². The van der Waals surface area contributed by atoms with Crippen molar-refractivity contribution in [3.63, 3.8) is 0 Å². The van der Waals surface area contributed by atoms with Gasteiger partial charge in [0.1, 0.15) is 10.9 Å². The van der Waals surface area contributed by atoms with E-state index in [1.807, 2.05) is 31.2 Å². The van der Waals surface area contributed by atoms with Crippen LogP contribution in [-0.2, 0) is 16.0 Å². The van der Waals surface area contributed by atoms with Crippen molar-refractivity contribution in [3.05, 3.63) is 86.8 Å². The highest BCUT2D eigenvalue weighted by Crippen LogP contribution is 2.32. The maximum atomic E-state index is 12.8. The summed E-state index contributed by atoms with van der Waals surface area (Å²) in [6.45, 7) is 3.93. The average molecular weight is 480 g/mol. The minimum absolute atomic E-state index is 0.136. The first-order chi connectivity index (χ1) is 15.4. The van der Waals surface area contributed by atoms with Gasteiger partial charge in [0.25, 0.3) is 5.91 Å². The Morgan fingerprint density at radius 2 is 1.75 bits per heavy atom. The lowest BCUT2D eigenvalue weighted by Gasteiger charge is -2.13. The predicted molar refractivity (Wildman–Crippen MR) is 136 cm³/mol. The number of carbonyl (C=O) groups excluding carboxylic acids is 2. The molecule has 1 aliphatic heterocycles. The van der Waals surface area contributed by atoms with Crippen LogP contribution in [0.4, 0.5) is 5.13 Å². The summed E-state index contributed by atoms with van der Waals surface area (Å²) in [5, 5.41) is 3.29. The summed E-state index contributed by atoms with van der Waals surface area (Å²) in [6.07, 6.45) is 4.32. The molecule has 0 saturated carbocycles. The molecule has 162 valence electrons. The molecule has 4 rings (SSSR count). The van der Waals surface area contributed by atoms with Crippen molar-refractivity contribution < 1.29 is 9.59 Å². The SMILES string of the molecule is Cc1ccc(/C=C2\SC(=S)N(CC(=O)Nc3ncc(Cc4ccc(C)cc4)s3)C2=O)cc1. The molecular weight excluding hydrogens is 458 g/mol. The standard InChI is InChI=1S/C24H21N3O2S3/c1-15-3-7-17(8-4-15)11-19-13-25-23(31-19)26-21(28)14-27-22(29)20(32-24(27)30)12-18-9-5-16(2)6-10-18/h3-10,12-13H,11,14H2,1-2H3,(H,25,26,28)/b20-12-. The third-order valence-corrected chi connectivity index (χ3v) is 7.14. The van der Waals surface area contributed by atoms with Gasteiger partial charge in [-0.2, -0.15) is 0 Å². The van der Waals surface area contributed by atoms with Crippen LogP contribution in [-0.4, -0.2) is 32.6 Å². The van der Waals surface area contributed by atoms with Gasteiger partial charge in [-0.1, -0.05) is 83.6 Å². The number of thioether (sulfide) groups is 1. The number of aryl methyl sites for hydroxylation is 2. The normalized spacial score (nSPS) is 14.9. The number of hydrogen-bond acceptors (Lipinski definition) is 6. The van der Waals surface area contributed by atoms with Gasteiger partial charge in [0.15, 0.2) is 5.13 Å². The van der Waals surface area contributed by atoms with Crippen molar-refractivity contribution in [3.8, 4) is 0 Å². The van der Waals surface area contributed by atoms with Gasteiger partial charge >= 0.3 is 0 Å². The molecule has 5 nitrogen and oxygen atoms in total. The summed E-state index contributed by atoms with van der Waals surface area (Å²) in [6, 6.07) is 16.2. The first kappa shape index (κ1) is 22.4. The van der Waals surface area contributed by atoms with Crippen molar-refractivity contribution in [2.75, 3.05) is 11.9 Å². The van der Waals surface area contributed by atoms with Gasteiger partial charge in [0.05, 0.1) is 4.91 Å². The summed E-state index contributed by atoms with van der Waals surface area (Å²) in [5.41, 5.74) is 4.48. The smallest absolute Gasteiger partial charge is 0.266 e. The first-order valence-electron chi connectivity index (χ1n) is 9.99. The van der Waals surface area contributed by atoms with Gasteiger partial charge in [-0.15, -0.1) is 11.3 Å². The quantitative estimate of drug-likeness (QED) is 0.389.